The Kier molecular flexibility index (Phi) is 6.02. The normalized spacial score (nSPS) is 12.6. The first-order valence-electron chi connectivity index (χ1n) is 7.49. The minimum absolute atomic E-state index is 0.148. The molecule has 2 rings (SSSR count). The molecular formula is C17H20ClN3O3S. The standard InChI is InChI=1S/C17H20ClN3O3S/c1-17(2,3)21-10-11(9-19-24-5)16(25-21)20-15(22)13-8-12(18)6-7-14(13)23-4/h6-10H,1-5H3/b19-9?,20-16-. The fourth-order valence-corrected chi connectivity index (χ4v) is 3.10. The molecular weight excluding hydrogens is 362 g/mol. The molecule has 0 aliphatic heterocycles. The Morgan fingerprint density at radius 3 is 2.64 bits per heavy atom. The monoisotopic (exact) mass is 381 g/mol. The number of rotatable bonds is 4. The predicted octanol–water partition coefficient (Wildman–Crippen LogP) is 3.69. The van der Waals surface area contributed by atoms with Crippen LogP contribution in [0, 0.1) is 0 Å². The molecule has 0 atom stereocenters. The molecule has 0 unspecified atom stereocenters. The molecule has 25 heavy (non-hydrogen) atoms. The van der Waals surface area contributed by atoms with E-state index in [2.05, 4.69) is 30.9 Å². The first kappa shape index (κ1) is 19.2. The van der Waals surface area contributed by atoms with Crippen LogP contribution in [0.4, 0.5) is 0 Å². The molecule has 0 aliphatic carbocycles. The lowest BCUT2D eigenvalue weighted by Gasteiger charge is -2.19. The van der Waals surface area contributed by atoms with E-state index in [4.69, 9.17) is 21.2 Å². The van der Waals surface area contributed by atoms with Crippen molar-refractivity contribution in [3.8, 4) is 5.75 Å². The van der Waals surface area contributed by atoms with Gasteiger partial charge in [-0.25, -0.2) is 0 Å². The van der Waals surface area contributed by atoms with E-state index in [1.807, 2.05) is 10.2 Å². The predicted molar refractivity (Wildman–Crippen MR) is 99.8 cm³/mol. The molecule has 1 aromatic carbocycles. The second kappa shape index (κ2) is 7.84. The summed E-state index contributed by atoms with van der Waals surface area (Å²) in [6.07, 6.45) is 3.41. The number of ether oxygens (including phenoxy) is 1. The number of halogens is 1. The third kappa shape index (κ3) is 4.70. The van der Waals surface area contributed by atoms with E-state index < -0.39 is 5.91 Å². The zero-order chi connectivity index (χ0) is 18.6. The average molecular weight is 382 g/mol. The third-order valence-corrected chi connectivity index (χ3v) is 4.83. The molecule has 0 spiro atoms. The van der Waals surface area contributed by atoms with Crippen LogP contribution in [-0.4, -0.2) is 30.3 Å². The Morgan fingerprint density at radius 1 is 1.32 bits per heavy atom. The van der Waals surface area contributed by atoms with Crippen molar-refractivity contribution in [2.75, 3.05) is 14.2 Å². The lowest BCUT2D eigenvalue weighted by atomic mass is 10.1. The van der Waals surface area contributed by atoms with Crippen molar-refractivity contribution >= 4 is 35.3 Å². The van der Waals surface area contributed by atoms with Gasteiger partial charge in [0.2, 0.25) is 0 Å². The summed E-state index contributed by atoms with van der Waals surface area (Å²) in [7, 11) is 2.95. The molecule has 0 aliphatic rings. The number of methoxy groups -OCH3 is 1. The zero-order valence-electron chi connectivity index (χ0n) is 14.7. The van der Waals surface area contributed by atoms with Gasteiger partial charge in [-0.1, -0.05) is 16.8 Å². The number of oxime groups is 1. The third-order valence-electron chi connectivity index (χ3n) is 3.24. The van der Waals surface area contributed by atoms with E-state index in [1.54, 1.807) is 18.2 Å². The van der Waals surface area contributed by atoms with E-state index >= 15 is 0 Å². The summed E-state index contributed by atoms with van der Waals surface area (Å²) < 4.78 is 7.76. The molecule has 8 heteroatoms. The van der Waals surface area contributed by atoms with E-state index in [9.17, 15) is 4.79 Å². The highest BCUT2D eigenvalue weighted by Gasteiger charge is 2.17. The first-order chi connectivity index (χ1) is 11.8. The molecule has 134 valence electrons. The van der Waals surface area contributed by atoms with Gasteiger partial charge in [0.25, 0.3) is 5.91 Å². The van der Waals surface area contributed by atoms with E-state index in [0.29, 0.717) is 26.6 Å². The van der Waals surface area contributed by atoms with Gasteiger partial charge in [-0.2, -0.15) is 4.99 Å². The van der Waals surface area contributed by atoms with E-state index in [-0.39, 0.29) is 5.54 Å². The number of hydrogen-bond acceptors (Lipinski definition) is 5. The van der Waals surface area contributed by atoms with Crippen LogP contribution >= 0.6 is 23.1 Å². The Morgan fingerprint density at radius 2 is 2.04 bits per heavy atom. The summed E-state index contributed by atoms with van der Waals surface area (Å²) in [6, 6.07) is 4.84. The van der Waals surface area contributed by atoms with Crippen LogP contribution < -0.4 is 9.41 Å². The van der Waals surface area contributed by atoms with Crippen molar-refractivity contribution in [3.63, 3.8) is 0 Å². The molecule has 0 N–H and O–H groups in total. The van der Waals surface area contributed by atoms with Crippen molar-refractivity contribution in [3.05, 3.63) is 45.2 Å². The van der Waals surface area contributed by atoms with Crippen molar-refractivity contribution in [1.82, 2.24) is 3.96 Å². The van der Waals surface area contributed by atoms with Gasteiger partial charge in [0.1, 0.15) is 17.5 Å². The van der Waals surface area contributed by atoms with Crippen molar-refractivity contribution in [2.24, 2.45) is 10.1 Å². The van der Waals surface area contributed by atoms with Crippen LogP contribution in [0.3, 0.4) is 0 Å². The van der Waals surface area contributed by atoms with Gasteiger partial charge in [-0.05, 0) is 50.5 Å². The number of benzene rings is 1. The van der Waals surface area contributed by atoms with Crippen LogP contribution in [0.5, 0.6) is 5.75 Å². The molecule has 2 aromatic rings. The summed E-state index contributed by atoms with van der Waals surface area (Å²) >= 11 is 7.36. The summed E-state index contributed by atoms with van der Waals surface area (Å²) in [4.78, 5) is 21.6. The molecule has 6 nitrogen and oxygen atoms in total. The number of aromatic nitrogens is 1. The number of nitrogens with zero attached hydrogens (tertiary/aromatic N) is 3. The quantitative estimate of drug-likeness (QED) is 0.599. The van der Waals surface area contributed by atoms with Crippen LogP contribution in [0.1, 0.15) is 36.7 Å². The van der Waals surface area contributed by atoms with Crippen molar-refractivity contribution in [2.45, 2.75) is 26.3 Å². The number of amides is 1. The lowest BCUT2D eigenvalue weighted by molar-refractivity contribution is 0.0996. The van der Waals surface area contributed by atoms with Gasteiger partial charge in [-0.15, -0.1) is 0 Å². The Labute approximate surface area is 155 Å². The van der Waals surface area contributed by atoms with Gasteiger partial charge < -0.3 is 9.57 Å². The maximum atomic E-state index is 12.6. The van der Waals surface area contributed by atoms with E-state index in [1.165, 1.54) is 32.0 Å². The second-order valence-electron chi connectivity index (χ2n) is 6.16. The van der Waals surface area contributed by atoms with Crippen LogP contribution in [0.15, 0.2) is 34.5 Å². The summed E-state index contributed by atoms with van der Waals surface area (Å²) in [5, 5.41) is 4.22. The molecule has 1 aromatic heterocycles. The highest BCUT2D eigenvalue weighted by molar-refractivity contribution is 7.04. The second-order valence-corrected chi connectivity index (χ2v) is 7.56. The highest BCUT2D eigenvalue weighted by atomic mass is 35.5. The Hall–Kier alpha value is -2.12. The smallest absolute Gasteiger partial charge is 0.282 e. The maximum absolute atomic E-state index is 12.6. The minimum atomic E-state index is -0.436. The van der Waals surface area contributed by atoms with Gasteiger partial charge in [0.05, 0.1) is 24.5 Å². The number of carbonyl (C=O) groups is 1. The number of carbonyl (C=O) groups excluding carboxylic acids is 1. The summed E-state index contributed by atoms with van der Waals surface area (Å²) in [5.41, 5.74) is 0.849. The fraction of sp³-hybridized carbons (Fsp3) is 0.353. The lowest BCUT2D eigenvalue weighted by Crippen LogP contribution is -2.18. The minimum Gasteiger partial charge on any atom is -0.496 e. The van der Waals surface area contributed by atoms with Crippen LogP contribution in [-0.2, 0) is 10.4 Å². The van der Waals surface area contributed by atoms with Gasteiger partial charge in [0.15, 0.2) is 0 Å². The maximum Gasteiger partial charge on any atom is 0.282 e. The summed E-state index contributed by atoms with van der Waals surface area (Å²) in [5.74, 6) is -0.0140. The van der Waals surface area contributed by atoms with Crippen molar-refractivity contribution < 1.29 is 14.4 Å². The molecule has 1 amide bonds. The first-order valence-corrected chi connectivity index (χ1v) is 8.64. The van der Waals surface area contributed by atoms with Crippen LogP contribution in [0.2, 0.25) is 5.02 Å². The Balaban J connectivity index is 2.56. The molecule has 0 fully saturated rings. The highest BCUT2D eigenvalue weighted by Crippen LogP contribution is 2.23. The molecule has 0 saturated carbocycles. The summed E-state index contributed by atoms with van der Waals surface area (Å²) in [6.45, 7) is 6.19. The molecule has 0 bridgehead atoms. The van der Waals surface area contributed by atoms with E-state index in [0.717, 1.165) is 0 Å². The Bertz CT molecular complexity index is 863. The van der Waals surface area contributed by atoms with Crippen molar-refractivity contribution in [1.29, 1.82) is 0 Å². The zero-order valence-corrected chi connectivity index (χ0v) is 16.3. The van der Waals surface area contributed by atoms with Gasteiger partial charge >= 0.3 is 0 Å². The van der Waals surface area contributed by atoms with Gasteiger partial charge in [0, 0.05) is 16.8 Å². The number of hydrogen-bond donors (Lipinski definition) is 0. The fourth-order valence-electron chi connectivity index (χ4n) is 1.97. The van der Waals surface area contributed by atoms with Gasteiger partial charge in [-0.3, -0.25) is 8.75 Å². The van der Waals surface area contributed by atoms with Crippen LogP contribution in [0.25, 0.3) is 0 Å². The molecule has 0 saturated heterocycles. The SMILES string of the molecule is CON=Cc1cn(C(C)(C)C)s/c1=N\C(=O)c1cc(Cl)ccc1OC. The topological polar surface area (TPSA) is 65.2 Å². The largest absolute Gasteiger partial charge is 0.496 e. The molecule has 1 heterocycles. The average Bonchev–Trinajstić information content (AvgIpc) is 2.95. The molecule has 0 radical (unpaired) electrons.